The van der Waals surface area contributed by atoms with Crippen molar-refractivity contribution in [2.24, 2.45) is 0 Å². The Balaban J connectivity index is 1.69. The van der Waals surface area contributed by atoms with Crippen LogP contribution in [0.5, 0.6) is 0 Å². The molecule has 1 radical (unpaired) electrons. The van der Waals surface area contributed by atoms with E-state index in [1.807, 2.05) is 54.6 Å². The van der Waals surface area contributed by atoms with Crippen LogP contribution in [0.2, 0.25) is 0 Å². The third kappa shape index (κ3) is 3.18. The van der Waals surface area contributed by atoms with E-state index in [9.17, 15) is 0 Å². The van der Waals surface area contributed by atoms with Gasteiger partial charge in [0.05, 0.1) is 0 Å². The molecule has 2 heteroatoms. The van der Waals surface area contributed by atoms with Gasteiger partial charge in [0.2, 0.25) is 0 Å². The Morgan fingerprint density at radius 1 is 0.500 bits per heavy atom. The highest BCUT2D eigenvalue weighted by molar-refractivity contribution is 5.65. The lowest BCUT2D eigenvalue weighted by atomic mass is 10.2. The summed E-state index contributed by atoms with van der Waals surface area (Å²) in [4.78, 5) is 0. The van der Waals surface area contributed by atoms with Crippen molar-refractivity contribution in [2.45, 2.75) is 0 Å². The summed E-state index contributed by atoms with van der Waals surface area (Å²) < 4.78 is 0. The third-order valence-corrected chi connectivity index (χ3v) is 2.95. The second-order valence-corrected chi connectivity index (χ2v) is 4.48. The van der Waals surface area contributed by atoms with Crippen molar-refractivity contribution in [3.05, 3.63) is 84.9 Å². The first kappa shape index (κ1) is 12.3. The molecular weight excluding hydrogens is 244 g/mol. The summed E-state index contributed by atoms with van der Waals surface area (Å²) in [6.45, 7) is 0. The largest absolute Gasteiger partial charge is 0.356 e. The Morgan fingerprint density at radius 3 is 1.50 bits per heavy atom. The lowest BCUT2D eigenvalue weighted by Gasteiger charge is -2.09. The average molecular weight is 259 g/mol. The summed E-state index contributed by atoms with van der Waals surface area (Å²) in [5.41, 5.74) is 4.29. The first-order chi connectivity index (χ1) is 9.90. The van der Waals surface area contributed by atoms with E-state index in [1.165, 1.54) is 0 Å². The monoisotopic (exact) mass is 259 g/mol. The van der Waals surface area contributed by atoms with Crippen LogP contribution in [0.25, 0.3) is 0 Å². The van der Waals surface area contributed by atoms with Crippen LogP contribution in [0.15, 0.2) is 78.9 Å². The lowest BCUT2D eigenvalue weighted by Crippen LogP contribution is -1.92. The molecule has 0 aliphatic heterocycles. The molecule has 0 aromatic heterocycles. The highest BCUT2D eigenvalue weighted by atomic mass is 14.9. The zero-order valence-corrected chi connectivity index (χ0v) is 11.0. The number of hydrogen-bond donors (Lipinski definition) is 2. The molecule has 0 saturated carbocycles. The van der Waals surface area contributed by atoms with Crippen molar-refractivity contribution < 1.29 is 0 Å². The van der Waals surface area contributed by atoms with Crippen LogP contribution >= 0.6 is 0 Å². The second-order valence-electron chi connectivity index (χ2n) is 4.48. The number of para-hydroxylation sites is 1. The van der Waals surface area contributed by atoms with E-state index in [-0.39, 0.29) is 0 Å². The molecule has 0 fully saturated rings. The van der Waals surface area contributed by atoms with Gasteiger partial charge in [-0.1, -0.05) is 30.3 Å². The molecule has 0 spiro atoms. The molecule has 0 atom stereocenters. The molecule has 0 bridgehead atoms. The van der Waals surface area contributed by atoms with Crippen molar-refractivity contribution in [2.75, 3.05) is 10.6 Å². The van der Waals surface area contributed by atoms with Crippen LogP contribution in [0.3, 0.4) is 0 Å². The van der Waals surface area contributed by atoms with Gasteiger partial charge in [0.25, 0.3) is 0 Å². The van der Waals surface area contributed by atoms with Gasteiger partial charge >= 0.3 is 0 Å². The minimum Gasteiger partial charge on any atom is -0.356 e. The summed E-state index contributed by atoms with van der Waals surface area (Å²) in [6.07, 6.45) is 0. The fourth-order valence-electron chi connectivity index (χ4n) is 1.96. The standard InChI is InChI=1S/C18H15N2/c1-3-7-15(8-4-1)19-17-11-13-18(14-12-17)20-16-9-5-2-6-10-16/h1,3-14,19-20H. The highest BCUT2D eigenvalue weighted by Crippen LogP contribution is 2.21. The smallest absolute Gasteiger partial charge is 0.0385 e. The molecule has 2 N–H and O–H groups in total. The van der Waals surface area contributed by atoms with Crippen LogP contribution in [0.4, 0.5) is 22.7 Å². The lowest BCUT2D eigenvalue weighted by molar-refractivity contribution is 1.51. The van der Waals surface area contributed by atoms with Crippen molar-refractivity contribution in [1.29, 1.82) is 0 Å². The maximum absolute atomic E-state index is 3.36. The normalized spacial score (nSPS) is 10.0. The van der Waals surface area contributed by atoms with Gasteiger partial charge in [0.1, 0.15) is 0 Å². The molecule has 0 saturated heterocycles. The van der Waals surface area contributed by atoms with Crippen LogP contribution < -0.4 is 10.6 Å². The van der Waals surface area contributed by atoms with E-state index >= 15 is 0 Å². The quantitative estimate of drug-likeness (QED) is 0.691. The van der Waals surface area contributed by atoms with Gasteiger partial charge in [-0.2, -0.15) is 0 Å². The van der Waals surface area contributed by atoms with Gasteiger partial charge in [-0.15, -0.1) is 0 Å². The fraction of sp³-hybridized carbons (Fsp3) is 0. The third-order valence-electron chi connectivity index (χ3n) is 2.95. The van der Waals surface area contributed by atoms with E-state index in [0.29, 0.717) is 0 Å². The molecule has 0 unspecified atom stereocenters. The predicted octanol–water partition coefficient (Wildman–Crippen LogP) is 4.97. The number of hydrogen-bond acceptors (Lipinski definition) is 2. The van der Waals surface area contributed by atoms with E-state index in [4.69, 9.17) is 0 Å². The maximum Gasteiger partial charge on any atom is 0.0385 e. The van der Waals surface area contributed by atoms with Gasteiger partial charge in [0, 0.05) is 22.7 Å². The summed E-state index contributed by atoms with van der Waals surface area (Å²) >= 11 is 0. The Hall–Kier alpha value is -2.74. The van der Waals surface area contributed by atoms with Gasteiger partial charge in [-0.05, 0) is 54.6 Å². The Bertz CT molecular complexity index is 586. The summed E-state index contributed by atoms with van der Waals surface area (Å²) in [5, 5.41) is 6.71. The zero-order chi connectivity index (χ0) is 13.6. The summed E-state index contributed by atoms with van der Waals surface area (Å²) in [5.74, 6) is 0. The van der Waals surface area contributed by atoms with E-state index < -0.39 is 0 Å². The summed E-state index contributed by atoms with van der Waals surface area (Å²) in [7, 11) is 0. The van der Waals surface area contributed by atoms with Crippen molar-refractivity contribution in [3.8, 4) is 0 Å². The molecular formula is C18H15N2. The number of anilines is 4. The number of nitrogens with one attached hydrogen (secondary N) is 2. The molecule has 3 rings (SSSR count). The first-order valence-corrected chi connectivity index (χ1v) is 6.55. The maximum atomic E-state index is 3.36. The Morgan fingerprint density at radius 2 is 0.950 bits per heavy atom. The molecule has 0 aliphatic carbocycles. The topological polar surface area (TPSA) is 24.1 Å². The molecule has 2 nitrogen and oxygen atoms in total. The van der Waals surface area contributed by atoms with Crippen LogP contribution in [-0.4, -0.2) is 0 Å². The Labute approximate surface area is 119 Å². The highest BCUT2D eigenvalue weighted by Gasteiger charge is 1.96. The van der Waals surface area contributed by atoms with Gasteiger partial charge < -0.3 is 10.6 Å². The van der Waals surface area contributed by atoms with Crippen molar-refractivity contribution in [3.63, 3.8) is 0 Å². The van der Waals surface area contributed by atoms with Crippen molar-refractivity contribution in [1.82, 2.24) is 0 Å². The minimum atomic E-state index is 1.06. The van der Waals surface area contributed by atoms with Crippen LogP contribution in [0.1, 0.15) is 0 Å². The molecule has 97 valence electrons. The van der Waals surface area contributed by atoms with E-state index in [1.54, 1.807) is 0 Å². The van der Waals surface area contributed by atoms with Gasteiger partial charge in [-0.25, -0.2) is 0 Å². The number of benzene rings is 3. The molecule has 3 aromatic carbocycles. The Kier molecular flexibility index (Phi) is 3.65. The van der Waals surface area contributed by atoms with Gasteiger partial charge in [-0.3, -0.25) is 0 Å². The SMILES string of the molecule is [c]1ccc(Nc2ccc(Nc3ccccc3)cc2)cc1. The average Bonchev–Trinajstić information content (AvgIpc) is 2.51. The van der Waals surface area contributed by atoms with E-state index in [0.717, 1.165) is 22.7 Å². The van der Waals surface area contributed by atoms with Crippen molar-refractivity contribution >= 4 is 22.7 Å². The molecule has 0 heterocycles. The molecule has 0 amide bonds. The minimum absolute atomic E-state index is 1.06. The zero-order valence-electron chi connectivity index (χ0n) is 11.0. The predicted molar refractivity (Wildman–Crippen MR) is 84.7 cm³/mol. The first-order valence-electron chi connectivity index (χ1n) is 6.55. The van der Waals surface area contributed by atoms with Gasteiger partial charge in [0.15, 0.2) is 0 Å². The summed E-state index contributed by atoms with van der Waals surface area (Å²) in [6, 6.07) is 29.2. The van der Waals surface area contributed by atoms with Crippen LogP contribution in [0, 0.1) is 6.07 Å². The molecule has 3 aromatic rings. The fourth-order valence-corrected chi connectivity index (χ4v) is 1.96. The molecule has 20 heavy (non-hydrogen) atoms. The number of rotatable bonds is 4. The van der Waals surface area contributed by atoms with Crippen LogP contribution in [-0.2, 0) is 0 Å². The molecule has 0 aliphatic rings. The second kappa shape index (κ2) is 5.93. The van der Waals surface area contributed by atoms with E-state index in [2.05, 4.69) is 41.0 Å².